The standard InChI is InChI=1S/C10H14ClNO2S/c1-2-12-10(14)6-3-7(13)8-4-5-9(11)15-8/h4-5,7,13H,2-3,6H2,1H3,(H,12,14). The van der Waals surface area contributed by atoms with E-state index in [-0.39, 0.29) is 5.91 Å². The molecular formula is C10H14ClNO2S. The zero-order valence-corrected chi connectivity index (χ0v) is 10.1. The summed E-state index contributed by atoms with van der Waals surface area (Å²) in [5.41, 5.74) is 0. The lowest BCUT2D eigenvalue weighted by Crippen LogP contribution is -2.22. The van der Waals surface area contributed by atoms with Crippen LogP contribution in [-0.2, 0) is 4.79 Å². The maximum absolute atomic E-state index is 11.1. The predicted molar refractivity (Wildman–Crippen MR) is 62.2 cm³/mol. The van der Waals surface area contributed by atoms with Crippen molar-refractivity contribution >= 4 is 28.8 Å². The van der Waals surface area contributed by atoms with Crippen LogP contribution in [0.25, 0.3) is 0 Å². The highest BCUT2D eigenvalue weighted by Crippen LogP contribution is 2.29. The number of carbonyl (C=O) groups excluding carboxylic acids is 1. The molecule has 5 heteroatoms. The number of nitrogens with one attached hydrogen (secondary N) is 1. The van der Waals surface area contributed by atoms with Crippen molar-refractivity contribution in [2.75, 3.05) is 6.54 Å². The smallest absolute Gasteiger partial charge is 0.220 e. The van der Waals surface area contributed by atoms with Crippen LogP contribution in [0, 0.1) is 0 Å². The van der Waals surface area contributed by atoms with Gasteiger partial charge in [-0.2, -0.15) is 0 Å². The van der Waals surface area contributed by atoms with E-state index in [1.807, 2.05) is 6.92 Å². The first kappa shape index (κ1) is 12.5. The summed E-state index contributed by atoms with van der Waals surface area (Å²) in [7, 11) is 0. The van der Waals surface area contributed by atoms with E-state index in [1.54, 1.807) is 12.1 Å². The quantitative estimate of drug-likeness (QED) is 0.839. The topological polar surface area (TPSA) is 49.3 Å². The molecule has 0 spiro atoms. The van der Waals surface area contributed by atoms with Crippen LogP contribution in [-0.4, -0.2) is 17.6 Å². The third kappa shape index (κ3) is 4.20. The molecule has 15 heavy (non-hydrogen) atoms. The van der Waals surface area contributed by atoms with E-state index in [0.717, 1.165) is 4.88 Å². The third-order valence-electron chi connectivity index (χ3n) is 1.94. The summed E-state index contributed by atoms with van der Waals surface area (Å²) in [5, 5.41) is 12.4. The minimum Gasteiger partial charge on any atom is -0.388 e. The highest BCUT2D eigenvalue weighted by Gasteiger charge is 2.11. The average Bonchev–Trinajstić information content (AvgIpc) is 2.62. The molecule has 0 saturated heterocycles. The Morgan fingerprint density at radius 1 is 1.67 bits per heavy atom. The zero-order valence-electron chi connectivity index (χ0n) is 8.50. The SMILES string of the molecule is CCNC(=O)CCC(O)c1ccc(Cl)s1. The summed E-state index contributed by atoms with van der Waals surface area (Å²) in [6.07, 6.45) is 0.179. The molecule has 1 rings (SSSR count). The van der Waals surface area contributed by atoms with E-state index < -0.39 is 6.10 Å². The van der Waals surface area contributed by atoms with Gasteiger partial charge >= 0.3 is 0 Å². The number of rotatable bonds is 5. The van der Waals surface area contributed by atoms with Gasteiger partial charge in [0, 0.05) is 17.8 Å². The first-order valence-corrected chi connectivity index (χ1v) is 6.03. The molecule has 0 radical (unpaired) electrons. The van der Waals surface area contributed by atoms with Crippen LogP contribution in [0.15, 0.2) is 12.1 Å². The van der Waals surface area contributed by atoms with Gasteiger partial charge < -0.3 is 10.4 Å². The maximum Gasteiger partial charge on any atom is 0.220 e. The fraction of sp³-hybridized carbons (Fsp3) is 0.500. The Kier molecular flexibility index (Phi) is 5.08. The second kappa shape index (κ2) is 6.10. The molecule has 0 aliphatic heterocycles. The zero-order chi connectivity index (χ0) is 11.3. The Labute approximate surface area is 98.1 Å². The summed E-state index contributed by atoms with van der Waals surface area (Å²) < 4.78 is 0.655. The monoisotopic (exact) mass is 247 g/mol. The molecule has 3 nitrogen and oxygen atoms in total. The fourth-order valence-corrected chi connectivity index (χ4v) is 2.28. The van der Waals surface area contributed by atoms with Gasteiger partial charge in [-0.3, -0.25) is 4.79 Å². The lowest BCUT2D eigenvalue weighted by molar-refractivity contribution is -0.121. The van der Waals surface area contributed by atoms with Crippen LogP contribution in [0.2, 0.25) is 4.34 Å². The summed E-state index contributed by atoms with van der Waals surface area (Å²) in [5.74, 6) is -0.0285. The van der Waals surface area contributed by atoms with E-state index in [2.05, 4.69) is 5.32 Å². The largest absolute Gasteiger partial charge is 0.388 e. The molecule has 0 aromatic carbocycles. The molecule has 1 aromatic rings. The minimum absolute atomic E-state index is 0.0285. The number of halogens is 1. The Morgan fingerprint density at radius 2 is 2.40 bits per heavy atom. The van der Waals surface area contributed by atoms with Gasteiger partial charge in [0.1, 0.15) is 0 Å². The van der Waals surface area contributed by atoms with Crippen molar-refractivity contribution in [1.29, 1.82) is 0 Å². The van der Waals surface area contributed by atoms with Crippen molar-refractivity contribution < 1.29 is 9.90 Å². The molecule has 0 aliphatic carbocycles. The van der Waals surface area contributed by atoms with E-state index >= 15 is 0 Å². The molecule has 1 unspecified atom stereocenters. The van der Waals surface area contributed by atoms with Crippen molar-refractivity contribution in [3.63, 3.8) is 0 Å². The fourth-order valence-electron chi connectivity index (χ4n) is 1.20. The molecule has 1 amide bonds. The Hall–Kier alpha value is -0.580. The molecule has 0 aliphatic rings. The first-order chi connectivity index (χ1) is 7.13. The Morgan fingerprint density at radius 3 is 2.93 bits per heavy atom. The first-order valence-electron chi connectivity index (χ1n) is 4.83. The molecular weight excluding hydrogens is 234 g/mol. The van der Waals surface area contributed by atoms with E-state index in [1.165, 1.54) is 11.3 Å². The van der Waals surface area contributed by atoms with Gasteiger partial charge in [-0.15, -0.1) is 11.3 Å². The Balaban J connectivity index is 2.36. The van der Waals surface area contributed by atoms with Crippen molar-refractivity contribution in [1.82, 2.24) is 5.32 Å². The van der Waals surface area contributed by atoms with Gasteiger partial charge in [0.25, 0.3) is 0 Å². The van der Waals surface area contributed by atoms with Crippen LogP contribution < -0.4 is 5.32 Å². The lowest BCUT2D eigenvalue weighted by atomic mass is 10.1. The molecule has 84 valence electrons. The van der Waals surface area contributed by atoms with Crippen molar-refractivity contribution in [3.05, 3.63) is 21.3 Å². The molecule has 1 atom stereocenters. The number of aliphatic hydroxyl groups is 1. The molecule has 1 heterocycles. The van der Waals surface area contributed by atoms with Crippen molar-refractivity contribution in [2.45, 2.75) is 25.9 Å². The van der Waals surface area contributed by atoms with Gasteiger partial charge in [-0.05, 0) is 25.5 Å². The van der Waals surface area contributed by atoms with Crippen LogP contribution in [0.3, 0.4) is 0 Å². The number of thiophene rings is 1. The summed E-state index contributed by atoms with van der Waals surface area (Å²) in [4.78, 5) is 11.9. The summed E-state index contributed by atoms with van der Waals surface area (Å²) in [6.45, 7) is 2.49. The van der Waals surface area contributed by atoms with Crippen LogP contribution >= 0.6 is 22.9 Å². The minimum atomic E-state index is -0.592. The van der Waals surface area contributed by atoms with Gasteiger partial charge in [-0.25, -0.2) is 0 Å². The third-order valence-corrected chi connectivity index (χ3v) is 3.27. The van der Waals surface area contributed by atoms with Crippen LogP contribution in [0.4, 0.5) is 0 Å². The van der Waals surface area contributed by atoms with E-state index in [4.69, 9.17) is 11.6 Å². The van der Waals surface area contributed by atoms with Gasteiger partial charge in [0.15, 0.2) is 0 Å². The molecule has 0 fully saturated rings. The number of aliphatic hydroxyl groups excluding tert-OH is 1. The average molecular weight is 248 g/mol. The normalized spacial score (nSPS) is 12.5. The molecule has 0 saturated carbocycles. The summed E-state index contributed by atoms with van der Waals surface area (Å²) in [6, 6.07) is 3.53. The second-order valence-electron chi connectivity index (χ2n) is 3.15. The van der Waals surface area contributed by atoms with E-state index in [9.17, 15) is 9.90 Å². The van der Waals surface area contributed by atoms with Gasteiger partial charge in [0.05, 0.1) is 10.4 Å². The van der Waals surface area contributed by atoms with Gasteiger partial charge in [-0.1, -0.05) is 11.6 Å². The maximum atomic E-state index is 11.1. The van der Waals surface area contributed by atoms with Gasteiger partial charge in [0.2, 0.25) is 5.91 Å². The van der Waals surface area contributed by atoms with Crippen molar-refractivity contribution in [2.24, 2.45) is 0 Å². The number of hydrogen-bond donors (Lipinski definition) is 2. The second-order valence-corrected chi connectivity index (χ2v) is 4.90. The highest BCUT2D eigenvalue weighted by atomic mass is 35.5. The van der Waals surface area contributed by atoms with Crippen molar-refractivity contribution in [3.8, 4) is 0 Å². The van der Waals surface area contributed by atoms with Crippen LogP contribution in [0.1, 0.15) is 30.7 Å². The number of hydrogen-bond acceptors (Lipinski definition) is 3. The number of amides is 1. The number of carbonyl (C=O) groups is 1. The van der Waals surface area contributed by atoms with E-state index in [0.29, 0.717) is 23.7 Å². The van der Waals surface area contributed by atoms with Crippen LogP contribution in [0.5, 0.6) is 0 Å². The highest BCUT2D eigenvalue weighted by molar-refractivity contribution is 7.16. The predicted octanol–water partition coefficient (Wildman–Crippen LogP) is 2.35. The molecule has 2 N–H and O–H groups in total. The molecule has 1 aromatic heterocycles. The lowest BCUT2D eigenvalue weighted by Gasteiger charge is -2.07. The molecule has 0 bridgehead atoms. The Bertz CT molecular complexity index is 327. The summed E-state index contributed by atoms with van der Waals surface area (Å²) >= 11 is 7.09.